The minimum absolute atomic E-state index is 0.191. The zero-order valence-corrected chi connectivity index (χ0v) is 15.8. The number of carbonyl (C=O) groups excluding carboxylic acids is 1. The number of rotatable bonds is 3. The van der Waals surface area contributed by atoms with Gasteiger partial charge in [-0.05, 0) is 75.8 Å². The second kappa shape index (κ2) is 5.16. The van der Waals surface area contributed by atoms with Crippen molar-refractivity contribution in [2.45, 2.75) is 63.1 Å². The van der Waals surface area contributed by atoms with Crippen molar-refractivity contribution in [1.82, 2.24) is 5.01 Å². The lowest BCUT2D eigenvalue weighted by Gasteiger charge is -2.60. The molecule has 5 nitrogen and oxygen atoms in total. The Morgan fingerprint density at radius 2 is 1.96 bits per heavy atom. The monoisotopic (exact) mass is 356 g/mol. The van der Waals surface area contributed by atoms with Gasteiger partial charge in [-0.15, -0.1) is 0 Å². The molecule has 1 aromatic carbocycles. The topological polar surface area (TPSA) is 53.0 Å². The van der Waals surface area contributed by atoms with E-state index in [1.807, 2.05) is 43.1 Å². The summed E-state index contributed by atoms with van der Waals surface area (Å²) in [6.45, 7) is 3.98. The Labute approximate surface area is 154 Å². The third-order valence-corrected chi connectivity index (χ3v) is 7.51. The Balaban J connectivity index is 1.48. The van der Waals surface area contributed by atoms with Gasteiger partial charge in [0.05, 0.1) is 24.4 Å². The summed E-state index contributed by atoms with van der Waals surface area (Å²) < 4.78 is 5.39. The Bertz CT molecular complexity index is 763. The van der Waals surface area contributed by atoms with E-state index in [2.05, 4.69) is 5.01 Å². The standard InChI is InChI=1S/C21H28N2O3/c1-20(2)19(24)22(23(20)15-5-4-6-16(10-15)26-3)18-8-7-13-11-21(25)12-14(18)9-17(13)21/h4-6,10,13-14,17-18,25H,7-9,11-12H2,1-3H3/t13?,14?,17?,18-,21+/m0/s1. The average molecular weight is 356 g/mol. The molecule has 0 radical (unpaired) electrons. The summed E-state index contributed by atoms with van der Waals surface area (Å²) >= 11 is 0. The van der Waals surface area contributed by atoms with Crippen LogP contribution in [0.3, 0.4) is 0 Å². The highest BCUT2D eigenvalue weighted by atomic mass is 16.5. The van der Waals surface area contributed by atoms with Crippen LogP contribution < -0.4 is 9.75 Å². The van der Waals surface area contributed by atoms with E-state index in [1.54, 1.807) is 7.11 Å². The number of hydrogen-bond donors (Lipinski definition) is 1. The van der Waals surface area contributed by atoms with E-state index in [9.17, 15) is 9.90 Å². The molecule has 5 atom stereocenters. The lowest BCUT2D eigenvalue weighted by atomic mass is 9.61. The van der Waals surface area contributed by atoms with Crippen molar-refractivity contribution >= 4 is 11.6 Å². The van der Waals surface area contributed by atoms with Crippen LogP contribution in [0.2, 0.25) is 0 Å². The van der Waals surface area contributed by atoms with Gasteiger partial charge in [-0.1, -0.05) is 6.07 Å². The summed E-state index contributed by atoms with van der Waals surface area (Å²) in [6.07, 6.45) is 5.07. The molecule has 140 valence electrons. The molecule has 3 aliphatic carbocycles. The number of aliphatic hydroxyl groups is 1. The number of anilines is 1. The number of hydrazine groups is 1. The predicted octanol–water partition coefficient (Wildman–Crippen LogP) is 2.98. The van der Waals surface area contributed by atoms with Crippen LogP contribution in [0, 0.1) is 17.8 Å². The lowest BCUT2D eigenvalue weighted by Crippen LogP contribution is -2.78. The molecular formula is C21H28N2O3. The van der Waals surface area contributed by atoms with Crippen LogP contribution in [-0.4, -0.2) is 40.3 Å². The van der Waals surface area contributed by atoms with Gasteiger partial charge in [0.2, 0.25) is 0 Å². The van der Waals surface area contributed by atoms with Crippen LogP contribution in [0.5, 0.6) is 5.75 Å². The van der Waals surface area contributed by atoms with Gasteiger partial charge < -0.3 is 9.84 Å². The molecule has 3 unspecified atom stereocenters. The Kier molecular flexibility index (Phi) is 3.26. The van der Waals surface area contributed by atoms with E-state index in [-0.39, 0.29) is 11.9 Å². The van der Waals surface area contributed by atoms with Crippen molar-refractivity contribution in [2.24, 2.45) is 17.8 Å². The van der Waals surface area contributed by atoms with Gasteiger partial charge in [0.25, 0.3) is 5.91 Å². The molecule has 1 heterocycles. The smallest absolute Gasteiger partial charge is 0.268 e. The van der Waals surface area contributed by atoms with Crippen LogP contribution in [0.1, 0.15) is 46.0 Å². The second-order valence-electron chi connectivity index (χ2n) is 9.24. The van der Waals surface area contributed by atoms with Gasteiger partial charge in [-0.3, -0.25) is 9.80 Å². The first-order chi connectivity index (χ1) is 12.3. The summed E-state index contributed by atoms with van der Waals surface area (Å²) in [5.74, 6) is 2.52. The van der Waals surface area contributed by atoms with Crippen molar-refractivity contribution in [3.8, 4) is 5.75 Å². The van der Waals surface area contributed by atoms with E-state index < -0.39 is 11.1 Å². The molecule has 4 aliphatic rings. The number of ether oxygens (including phenoxy) is 1. The highest BCUT2D eigenvalue weighted by Gasteiger charge is 2.64. The molecule has 2 bridgehead atoms. The normalized spacial score (nSPS) is 39.9. The quantitative estimate of drug-likeness (QED) is 0.905. The maximum Gasteiger partial charge on any atom is 0.268 e. The molecule has 5 rings (SSSR count). The lowest BCUT2D eigenvalue weighted by molar-refractivity contribution is -0.160. The first-order valence-corrected chi connectivity index (χ1v) is 9.85. The van der Waals surface area contributed by atoms with Crippen molar-refractivity contribution < 1.29 is 14.6 Å². The third-order valence-electron chi connectivity index (χ3n) is 7.51. The van der Waals surface area contributed by atoms with E-state index in [0.717, 1.165) is 43.5 Å². The van der Waals surface area contributed by atoms with Gasteiger partial charge >= 0.3 is 0 Å². The number of hydrogen-bond acceptors (Lipinski definition) is 4. The predicted molar refractivity (Wildman–Crippen MR) is 98.7 cm³/mol. The fraction of sp³-hybridized carbons (Fsp3) is 0.667. The number of benzene rings is 1. The minimum atomic E-state index is -0.545. The molecular weight excluding hydrogens is 328 g/mol. The SMILES string of the molecule is COc1cccc(N2N([C@H]3CCC4C[C@@]5(O)CC3CC45)C(=O)C2(C)C)c1. The maximum atomic E-state index is 13.1. The number of fused-ring (bicyclic) bond motifs is 1. The van der Waals surface area contributed by atoms with Gasteiger partial charge in [-0.2, -0.15) is 0 Å². The van der Waals surface area contributed by atoms with Gasteiger partial charge in [-0.25, -0.2) is 5.01 Å². The summed E-state index contributed by atoms with van der Waals surface area (Å²) in [7, 11) is 1.67. The summed E-state index contributed by atoms with van der Waals surface area (Å²) in [5, 5.41) is 15.0. The fourth-order valence-electron chi connectivity index (χ4n) is 6.25. The van der Waals surface area contributed by atoms with Crippen LogP contribution in [-0.2, 0) is 4.79 Å². The number of methoxy groups -OCH3 is 1. The van der Waals surface area contributed by atoms with E-state index in [1.165, 1.54) is 0 Å². The first kappa shape index (κ1) is 16.4. The second-order valence-corrected chi connectivity index (χ2v) is 9.24. The molecule has 1 aromatic rings. The molecule has 0 spiro atoms. The van der Waals surface area contributed by atoms with Crippen molar-refractivity contribution in [2.75, 3.05) is 12.1 Å². The van der Waals surface area contributed by atoms with Crippen molar-refractivity contribution in [3.05, 3.63) is 24.3 Å². The molecule has 1 aliphatic heterocycles. The maximum absolute atomic E-state index is 13.1. The zero-order chi connectivity index (χ0) is 18.3. The highest BCUT2D eigenvalue weighted by Crippen LogP contribution is 2.62. The number of carbonyl (C=O) groups is 1. The van der Waals surface area contributed by atoms with Crippen molar-refractivity contribution in [3.63, 3.8) is 0 Å². The molecule has 26 heavy (non-hydrogen) atoms. The fourth-order valence-corrected chi connectivity index (χ4v) is 6.25. The summed E-state index contributed by atoms with van der Waals surface area (Å²) in [6, 6.07) is 8.15. The highest BCUT2D eigenvalue weighted by molar-refractivity contribution is 5.98. The summed E-state index contributed by atoms with van der Waals surface area (Å²) in [5.41, 5.74) is 0.00553. The third kappa shape index (κ3) is 1.98. The van der Waals surface area contributed by atoms with Crippen molar-refractivity contribution in [1.29, 1.82) is 0 Å². The average Bonchev–Trinajstić information content (AvgIpc) is 2.78. The molecule has 1 saturated heterocycles. The Morgan fingerprint density at radius 1 is 1.19 bits per heavy atom. The van der Waals surface area contributed by atoms with Crippen LogP contribution in [0.25, 0.3) is 0 Å². The van der Waals surface area contributed by atoms with Gasteiger partial charge in [0.15, 0.2) is 0 Å². The van der Waals surface area contributed by atoms with Crippen LogP contribution >= 0.6 is 0 Å². The Hall–Kier alpha value is -1.75. The molecule has 5 heteroatoms. The minimum Gasteiger partial charge on any atom is -0.497 e. The molecule has 0 aromatic heterocycles. The van der Waals surface area contributed by atoms with E-state index in [4.69, 9.17) is 4.74 Å². The number of nitrogens with zero attached hydrogens (tertiary/aromatic N) is 2. The van der Waals surface area contributed by atoms with Gasteiger partial charge in [0, 0.05) is 6.07 Å². The van der Waals surface area contributed by atoms with E-state index in [0.29, 0.717) is 17.8 Å². The van der Waals surface area contributed by atoms with Gasteiger partial charge in [0.1, 0.15) is 11.3 Å². The van der Waals surface area contributed by atoms with Crippen LogP contribution in [0.15, 0.2) is 24.3 Å². The molecule has 1 N–H and O–H groups in total. The van der Waals surface area contributed by atoms with E-state index >= 15 is 0 Å². The number of amides is 1. The molecule has 3 saturated carbocycles. The zero-order valence-electron chi connectivity index (χ0n) is 15.8. The summed E-state index contributed by atoms with van der Waals surface area (Å²) in [4.78, 5) is 13.1. The van der Waals surface area contributed by atoms with Crippen LogP contribution in [0.4, 0.5) is 5.69 Å². The molecule has 1 amide bonds. The Morgan fingerprint density at radius 3 is 2.73 bits per heavy atom. The largest absolute Gasteiger partial charge is 0.497 e. The molecule has 4 fully saturated rings. The first-order valence-electron chi connectivity index (χ1n) is 9.85.